The number of hydrogen-bond acceptors (Lipinski definition) is 4. The van der Waals surface area contributed by atoms with Crippen molar-refractivity contribution in [3.05, 3.63) is 46.1 Å². The van der Waals surface area contributed by atoms with Gasteiger partial charge in [0.2, 0.25) is 0 Å². The predicted octanol–water partition coefficient (Wildman–Crippen LogP) is 3.70. The number of benzene rings is 1. The van der Waals surface area contributed by atoms with Gasteiger partial charge in [0.15, 0.2) is 5.82 Å². The van der Waals surface area contributed by atoms with Gasteiger partial charge in [0, 0.05) is 28.8 Å². The molecule has 0 radical (unpaired) electrons. The highest BCUT2D eigenvalue weighted by Crippen LogP contribution is 2.21. The summed E-state index contributed by atoms with van der Waals surface area (Å²) >= 11 is 3.22. The molecular formula is C14H15BrFN3O. The molecule has 0 saturated heterocycles. The molecule has 1 aromatic heterocycles. The van der Waals surface area contributed by atoms with Gasteiger partial charge >= 0.3 is 0 Å². The van der Waals surface area contributed by atoms with Gasteiger partial charge in [-0.2, -0.15) is 0 Å². The minimum atomic E-state index is -0.354. The summed E-state index contributed by atoms with van der Waals surface area (Å²) in [6.45, 7) is 4.87. The third-order valence-corrected chi connectivity index (χ3v) is 2.92. The molecule has 0 amide bonds. The summed E-state index contributed by atoms with van der Waals surface area (Å²) in [6, 6.07) is 6.26. The van der Waals surface area contributed by atoms with Crippen molar-refractivity contribution in [1.29, 1.82) is 0 Å². The molecule has 1 aromatic carbocycles. The van der Waals surface area contributed by atoms with Crippen LogP contribution in [0.4, 0.5) is 10.2 Å². The minimum absolute atomic E-state index is 0.190. The number of nitrogens with one attached hydrogen (secondary N) is 1. The number of ether oxygens (including phenoxy) is 1. The van der Waals surface area contributed by atoms with Gasteiger partial charge in [0.05, 0.1) is 0 Å². The lowest BCUT2D eigenvalue weighted by atomic mass is 10.3. The Morgan fingerprint density at radius 3 is 2.75 bits per heavy atom. The fourth-order valence-electron chi connectivity index (χ4n) is 1.73. The summed E-state index contributed by atoms with van der Waals surface area (Å²) in [6.07, 6.45) is 0. The quantitative estimate of drug-likeness (QED) is 0.902. The summed E-state index contributed by atoms with van der Waals surface area (Å²) in [4.78, 5) is 8.62. The number of nitrogens with zero attached hydrogens (tertiary/aromatic N) is 2. The Morgan fingerprint density at radius 1 is 1.25 bits per heavy atom. The first kappa shape index (κ1) is 14.7. The lowest BCUT2D eigenvalue weighted by molar-refractivity contribution is 0.294. The highest BCUT2D eigenvalue weighted by Gasteiger charge is 2.05. The summed E-state index contributed by atoms with van der Waals surface area (Å²) in [5.74, 6) is 1.40. The van der Waals surface area contributed by atoms with E-state index in [4.69, 9.17) is 4.74 Å². The van der Waals surface area contributed by atoms with Crippen molar-refractivity contribution < 1.29 is 9.13 Å². The van der Waals surface area contributed by atoms with Gasteiger partial charge in [0.25, 0.3) is 0 Å². The van der Waals surface area contributed by atoms with E-state index in [1.165, 1.54) is 12.1 Å². The fraction of sp³-hybridized carbons (Fsp3) is 0.286. The lowest BCUT2D eigenvalue weighted by Crippen LogP contribution is -2.07. The lowest BCUT2D eigenvalue weighted by Gasteiger charge is -2.09. The molecule has 1 N–H and O–H groups in total. The molecule has 0 aliphatic heterocycles. The molecule has 20 heavy (non-hydrogen) atoms. The van der Waals surface area contributed by atoms with Gasteiger partial charge in [-0.05, 0) is 26.0 Å². The molecular weight excluding hydrogens is 325 g/mol. The van der Waals surface area contributed by atoms with E-state index < -0.39 is 0 Å². The first-order valence-corrected chi connectivity index (χ1v) is 7.03. The molecule has 0 fully saturated rings. The SMILES string of the molecule is CCNc1cc(C)nc(COc2cc(F)cc(Br)c2)n1. The maximum absolute atomic E-state index is 13.2. The standard InChI is InChI=1S/C14H15BrFN3O/c1-3-17-13-4-9(2)18-14(19-13)8-20-12-6-10(15)5-11(16)7-12/h4-7H,3,8H2,1-2H3,(H,17,18,19). The zero-order chi connectivity index (χ0) is 14.5. The number of anilines is 1. The van der Waals surface area contributed by atoms with Crippen molar-refractivity contribution in [3.8, 4) is 5.75 Å². The Hall–Kier alpha value is -1.69. The molecule has 0 aliphatic rings. The predicted molar refractivity (Wildman–Crippen MR) is 79.4 cm³/mol. The Balaban J connectivity index is 2.10. The molecule has 0 aliphatic carbocycles. The van der Waals surface area contributed by atoms with E-state index in [2.05, 4.69) is 31.2 Å². The number of aryl methyl sites for hydroxylation is 1. The number of halogens is 2. The first-order chi connectivity index (χ1) is 9.56. The van der Waals surface area contributed by atoms with E-state index in [0.717, 1.165) is 18.1 Å². The van der Waals surface area contributed by atoms with Crippen molar-refractivity contribution in [2.24, 2.45) is 0 Å². The molecule has 0 bridgehead atoms. The molecule has 2 rings (SSSR count). The Kier molecular flexibility index (Phi) is 4.89. The van der Waals surface area contributed by atoms with Crippen molar-refractivity contribution in [2.45, 2.75) is 20.5 Å². The molecule has 0 atom stereocenters. The van der Waals surface area contributed by atoms with Gasteiger partial charge in [-0.3, -0.25) is 0 Å². The highest BCUT2D eigenvalue weighted by atomic mass is 79.9. The van der Waals surface area contributed by atoms with Gasteiger partial charge in [-0.15, -0.1) is 0 Å². The molecule has 0 unspecified atom stereocenters. The Bertz CT molecular complexity index is 587. The second-order valence-electron chi connectivity index (χ2n) is 4.23. The van der Waals surface area contributed by atoms with Crippen LogP contribution in [0.25, 0.3) is 0 Å². The van der Waals surface area contributed by atoms with E-state index in [1.807, 2.05) is 19.9 Å². The topological polar surface area (TPSA) is 47.0 Å². The number of aromatic nitrogens is 2. The number of rotatable bonds is 5. The van der Waals surface area contributed by atoms with Gasteiger partial charge < -0.3 is 10.1 Å². The fourth-order valence-corrected chi connectivity index (χ4v) is 2.17. The minimum Gasteiger partial charge on any atom is -0.485 e. The van der Waals surface area contributed by atoms with Crippen molar-refractivity contribution in [1.82, 2.24) is 9.97 Å². The van der Waals surface area contributed by atoms with Crippen molar-refractivity contribution in [3.63, 3.8) is 0 Å². The van der Waals surface area contributed by atoms with Gasteiger partial charge in [-0.1, -0.05) is 15.9 Å². The van der Waals surface area contributed by atoms with Crippen LogP contribution in [0.15, 0.2) is 28.7 Å². The largest absolute Gasteiger partial charge is 0.485 e. The maximum Gasteiger partial charge on any atom is 0.168 e. The van der Waals surface area contributed by atoms with Crippen LogP contribution in [0, 0.1) is 12.7 Å². The monoisotopic (exact) mass is 339 g/mol. The van der Waals surface area contributed by atoms with Crippen molar-refractivity contribution >= 4 is 21.7 Å². The van der Waals surface area contributed by atoms with Crippen LogP contribution in [0.5, 0.6) is 5.75 Å². The molecule has 0 spiro atoms. The van der Waals surface area contributed by atoms with Gasteiger partial charge in [-0.25, -0.2) is 14.4 Å². The zero-order valence-electron chi connectivity index (χ0n) is 11.3. The van der Waals surface area contributed by atoms with Crippen LogP contribution >= 0.6 is 15.9 Å². The van der Waals surface area contributed by atoms with E-state index in [0.29, 0.717) is 16.0 Å². The summed E-state index contributed by atoms with van der Waals surface area (Å²) in [7, 11) is 0. The van der Waals surface area contributed by atoms with Crippen LogP contribution in [0.2, 0.25) is 0 Å². The average Bonchev–Trinajstić information content (AvgIpc) is 2.35. The average molecular weight is 340 g/mol. The van der Waals surface area contributed by atoms with E-state index in [1.54, 1.807) is 6.07 Å². The normalized spacial score (nSPS) is 10.4. The van der Waals surface area contributed by atoms with Gasteiger partial charge in [0.1, 0.15) is 24.0 Å². The third kappa shape index (κ3) is 4.16. The van der Waals surface area contributed by atoms with Crippen LogP contribution in [-0.2, 0) is 6.61 Å². The van der Waals surface area contributed by atoms with Crippen LogP contribution in [0.3, 0.4) is 0 Å². The smallest absolute Gasteiger partial charge is 0.168 e. The molecule has 2 aromatic rings. The van der Waals surface area contributed by atoms with E-state index in [9.17, 15) is 4.39 Å². The molecule has 0 saturated carbocycles. The molecule has 4 nitrogen and oxygen atoms in total. The zero-order valence-corrected chi connectivity index (χ0v) is 12.9. The summed E-state index contributed by atoms with van der Waals surface area (Å²) < 4.78 is 19.4. The summed E-state index contributed by atoms with van der Waals surface area (Å²) in [5, 5.41) is 3.13. The Morgan fingerprint density at radius 2 is 2.05 bits per heavy atom. The Labute approximate surface area is 125 Å². The van der Waals surface area contributed by atoms with E-state index >= 15 is 0 Å². The van der Waals surface area contributed by atoms with Crippen LogP contribution < -0.4 is 10.1 Å². The summed E-state index contributed by atoms with van der Waals surface area (Å²) in [5.41, 5.74) is 0.856. The second-order valence-corrected chi connectivity index (χ2v) is 5.15. The first-order valence-electron chi connectivity index (χ1n) is 6.24. The molecule has 6 heteroatoms. The molecule has 106 valence electrons. The van der Waals surface area contributed by atoms with Crippen LogP contribution in [0.1, 0.15) is 18.4 Å². The maximum atomic E-state index is 13.2. The third-order valence-electron chi connectivity index (χ3n) is 2.46. The second kappa shape index (κ2) is 6.65. The molecule has 1 heterocycles. The highest BCUT2D eigenvalue weighted by molar-refractivity contribution is 9.10. The van der Waals surface area contributed by atoms with E-state index in [-0.39, 0.29) is 12.4 Å². The van der Waals surface area contributed by atoms with Crippen LogP contribution in [-0.4, -0.2) is 16.5 Å². The van der Waals surface area contributed by atoms with Crippen molar-refractivity contribution in [2.75, 3.05) is 11.9 Å². The number of hydrogen-bond donors (Lipinski definition) is 1.